The third kappa shape index (κ3) is 4.16. The predicted octanol–water partition coefficient (Wildman–Crippen LogP) is 3.44. The van der Waals surface area contributed by atoms with Crippen molar-refractivity contribution in [1.29, 1.82) is 0 Å². The minimum Gasteiger partial charge on any atom is -0.379 e. The molecule has 3 N–H and O–H groups in total. The first-order valence-corrected chi connectivity index (χ1v) is 10.7. The molecular formula is C20H19F4N5O2S. The highest BCUT2D eigenvalue weighted by Gasteiger charge is 2.51. The number of halogens is 4. The zero-order chi connectivity index (χ0) is 22.9. The Kier molecular flexibility index (Phi) is 6.33. The number of carbonyl (C=O) groups excluding carboxylic acids is 1. The predicted molar refractivity (Wildman–Crippen MR) is 111 cm³/mol. The summed E-state index contributed by atoms with van der Waals surface area (Å²) < 4.78 is 59.4. The average molecular weight is 469 g/mol. The molecule has 3 atom stereocenters. The second-order valence-corrected chi connectivity index (χ2v) is 8.42. The maximum absolute atomic E-state index is 15.0. The molecule has 0 bridgehead atoms. The van der Waals surface area contributed by atoms with Crippen molar-refractivity contribution in [2.45, 2.75) is 24.5 Å². The van der Waals surface area contributed by atoms with Crippen molar-refractivity contribution < 1.29 is 27.1 Å². The van der Waals surface area contributed by atoms with Crippen molar-refractivity contribution in [1.82, 2.24) is 9.97 Å². The molecule has 12 heteroatoms. The van der Waals surface area contributed by atoms with Crippen molar-refractivity contribution in [3.05, 3.63) is 53.4 Å². The highest BCUT2D eigenvalue weighted by atomic mass is 32.2. The van der Waals surface area contributed by atoms with Crippen LogP contribution in [0, 0.1) is 11.7 Å². The normalized spacial score (nSPS) is 25.2. The van der Waals surface area contributed by atoms with Crippen LogP contribution in [0.3, 0.4) is 0 Å². The number of carbonyl (C=O) groups is 1. The van der Waals surface area contributed by atoms with Crippen molar-refractivity contribution in [2.75, 3.05) is 24.4 Å². The quantitative estimate of drug-likeness (QED) is 0.651. The minimum absolute atomic E-state index is 0.171. The molecule has 0 saturated carbocycles. The van der Waals surface area contributed by atoms with Crippen LogP contribution in [-0.2, 0) is 10.3 Å². The van der Waals surface area contributed by atoms with Crippen LogP contribution >= 0.6 is 11.8 Å². The van der Waals surface area contributed by atoms with E-state index >= 15 is 4.39 Å². The molecule has 4 rings (SSSR count). The number of aromatic nitrogens is 2. The Bertz CT molecular complexity index is 1040. The summed E-state index contributed by atoms with van der Waals surface area (Å²) in [5.74, 6) is -1.32. The molecule has 1 amide bonds. The van der Waals surface area contributed by atoms with Gasteiger partial charge in [0, 0.05) is 35.9 Å². The summed E-state index contributed by atoms with van der Waals surface area (Å²) in [5.41, 5.74) is 4.48. The van der Waals surface area contributed by atoms with E-state index in [1.165, 1.54) is 30.0 Å². The fourth-order valence-electron chi connectivity index (χ4n) is 4.01. The molecular weight excluding hydrogens is 450 g/mol. The van der Waals surface area contributed by atoms with E-state index in [0.717, 1.165) is 12.4 Å². The van der Waals surface area contributed by atoms with Gasteiger partial charge in [-0.2, -0.15) is 0 Å². The first-order chi connectivity index (χ1) is 15.3. The first kappa shape index (κ1) is 22.5. The van der Waals surface area contributed by atoms with Crippen LogP contribution in [0.5, 0.6) is 0 Å². The fraction of sp³-hybridized carbons (Fsp3) is 0.400. The second-order valence-electron chi connectivity index (χ2n) is 7.38. The van der Waals surface area contributed by atoms with E-state index in [1.807, 2.05) is 0 Å². The monoisotopic (exact) mass is 469 g/mol. The number of benzene rings is 1. The Labute approximate surface area is 184 Å². The van der Waals surface area contributed by atoms with E-state index in [1.54, 1.807) is 0 Å². The largest absolute Gasteiger partial charge is 0.379 e. The van der Waals surface area contributed by atoms with Gasteiger partial charge in [0.15, 0.2) is 5.17 Å². The first-order valence-electron chi connectivity index (χ1n) is 9.71. The molecule has 2 aliphatic heterocycles. The van der Waals surface area contributed by atoms with Gasteiger partial charge in [0.1, 0.15) is 23.9 Å². The van der Waals surface area contributed by atoms with Gasteiger partial charge >= 0.3 is 0 Å². The van der Waals surface area contributed by atoms with Gasteiger partial charge in [0.2, 0.25) is 0 Å². The van der Waals surface area contributed by atoms with Gasteiger partial charge in [0.05, 0.1) is 24.0 Å². The smallest absolute Gasteiger partial charge is 0.281 e. The van der Waals surface area contributed by atoms with Crippen LogP contribution in [0.2, 0.25) is 0 Å². The molecule has 170 valence electrons. The number of ether oxygens (including phenoxy) is 1. The lowest BCUT2D eigenvalue weighted by Crippen LogP contribution is -2.52. The van der Waals surface area contributed by atoms with Crippen LogP contribution in [-0.4, -0.2) is 46.2 Å². The van der Waals surface area contributed by atoms with E-state index in [2.05, 4.69) is 20.3 Å². The van der Waals surface area contributed by atoms with Crippen molar-refractivity contribution in [3.8, 4) is 0 Å². The number of amides is 1. The fourth-order valence-corrected chi connectivity index (χ4v) is 5.08. The number of aliphatic imine (C=N–C) groups is 1. The van der Waals surface area contributed by atoms with Gasteiger partial charge in [-0.05, 0) is 18.2 Å². The Morgan fingerprint density at radius 3 is 2.84 bits per heavy atom. The van der Waals surface area contributed by atoms with Gasteiger partial charge in [-0.3, -0.25) is 14.8 Å². The molecule has 1 aromatic heterocycles. The molecule has 0 radical (unpaired) electrons. The Morgan fingerprint density at radius 1 is 1.34 bits per heavy atom. The number of amidine groups is 1. The zero-order valence-corrected chi connectivity index (χ0v) is 17.4. The van der Waals surface area contributed by atoms with Crippen LogP contribution in [0.1, 0.15) is 34.6 Å². The van der Waals surface area contributed by atoms with Crippen LogP contribution in [0.15, 0.2) is 35.6 Å². The number of rotatable bonds is 5. The van der Waals surface area contributed by atoms with Crippen molar-refractivity contribution in [3.63, 3.8) is 0 Å². The minimum atomic E-state index is -2.80. The number of alkyl halides is 3. The third-order valence-electron chi connectivity index (χ3n) is 5.57. The lowest BCUT2D eigenvalue weighted by Gasteiger charge is -2.47. The molecule has 0 aliphatic carbocycles. The molecule has 2 aliphatic rings. The van der Waals surface area contributed by atoms with Crippen molar-refractivity contribution in [2.24, 2.45) is 16.6 Å². The highest BCUT2D eigenvalue weighted by Crippen LogP contribution is 2.48. The molecule has 1 fully saturated rings. The molecule has 2 aromatic rings. The lowest BCUT2D eigenvalue weighted by molar-refractivity contribution is -0.0714. The molecule has 1 aromatic carbocycles. The maximum atomic E-state index is 15.0. The standard InChI is InChI=1S/C20H19F4N5O2S/c21-6-16-12-9-32-19(25)29-20(12,3-4-31-16)11-5-10(1-2-13(11)22)28-18(30)15-8-26-14(7-27-15)17(23)24/h1-2,5,7-8,12,16-17H,3-4,6,9H2,(H2,25,29)(H,28,30)/t12-,16?,20-/m1/s1. The lowest BCUT2D eigenvalue weighted by atomic mass is 9.72. The average Bonchev–Trinajstić information content (AvgIpc) is 2.79. The molecule has 7 nitrogen and oxygen atoms in total. The number of anilines is 1. The van der Waals surface area contributed by atoms with E-state index in [-0.39, 0.29) is 28.7 Å². The summed E-state index contributed by atoms with van der Waals surface area (Å²) >= 11 is 1.26. The van der Waals surface area contributed by atoms with E-state index < -0.39 is 48.1 Å². The Balaban J connectivity index is 1.66. The Morgan fingerprint density at radius 2 is 2.16 bits per heavy atom. The summed E-state index contributed by atoms with van der Waals surface area (Å²) in [7, 11) is 0. The van der Waals surface area contributed by atoms with Gasteiger partial charge in [0.25, 0.3) is 12.3 Å². The zero-order valence-electron chi connectivity index (χ0n) is 16.6. The number of fused-ring (bicyclic) bond motifs is 1. The highest BCUT2D eigenvalue weighted by molar-refractivity contribution is 8.13. The topological polar surface area (TPSA) is 102 Å². The summed E-state index contributed by atoms with van der Waals surface area (Å²) in [4.78, 5) is 24.2. The van der Waals surface area contributed by atoms with E-state index in [4.69, 9.17) is 10.5 Å². The second kappa shape index (κ2) is 9.02. The summed E-state index contributed by atoms with van der Waals surface area (Å²) in [6.45, 7) is -0.567. The molecule has 0 spiro atoms. The molecule has 3 heterocycles. The number of thioether (sulfide) groups is 1. The number of hydrogen-bond acceptors (Lipinski definition) is 7. The molecule has 1 unspecified atom stereocenters. The number of hydrogen-bond donors (Lipinski definition) is 2. The maximum Gasteiger partial charge on any atom is 0.281 e. The molecule has 32 heavy (non-hydrogen) atoms. The van der Waals surface area contributed by atoms with Crippen molar-refractivity contribution >= 4 is 28.5 Å². The van der Waals surface area contributed by atoms with Gasteiger partial charge < -0.3 is 15.8 Å². The van der Waals surface area contributed by atoms with Gasteiger partial charge in [-0.25, -0.2) is 22.5 Å². The van der Waals surface area contributed by atoms with E-state index in [9.17, 15) is 18.0 Å². The summed E-state index contributed by atoms with van der Waals surface area (Å²) in [6.07, 6.45) is -1.51. The van der Waals surface area contributed by atoms with Crippen LogP contribution < -0.4 is 11.1 Å². The molecule has 1 saturated heterocycles. The summed E-state index contributed by atoms with van der Waals surface area (Å²) in [5, 5.41) is 2.82. The summed E-state index contributed by atoms with van der Waals surface area (Å²) in [6, 6.07) is 3.95. The third-order valence-corrected chi connectivity index (χ3v) is 6.48. The number of nitrogens with zero attached hydrogens (tertiary/aromatic N) is 3. The number of nitrogens with two attached hydrogens (primary N) is 1. The van der Waals surface area contributed by atoms with Gasteiger partial charge in [-0.15, -0.1) is 0 Å². The van der Waals surface area contributed by atoms with Crippen LogP contribution in [0.25, 0.3) is 0 Å². The van der Waals surface area contributed by atoms with E-state index in [0.29, 0.717) is 12.2 Å². The van der Waals surface area contributed by atoms with Crippen LogP contribution in [0.4, 0.5) is 23.2 Å². The SMILES string of the molecule is NC1=N[C@@]2(c3cc(NC(=O)c4cnc(C(F)F)cn4)ccc3F)CCOC(CF)[C@H]2CS1. The number of nitrogens with one attached hydrogen (secondary N) is 1. The Hall–Kier alpha value is -2.73. The van der Waals surface area contributed by atoms with Gasteiger partial charge in [-0.1, -0.05) is 11.8 Å².